The summed E-state index contributed by atoms with van der Waals surface area (Å²) in [6.07, 6.45) is 0.423. The molecule has 196 valence electrons. The molecule has 4 rings (SSSR count). The Labute approximate surface area is 211 Å². The van der Waals surface area contributed by atoms with Crippen LogP contribution in [-0.2, 0) is 11.3 Å². The summed E-state index contributed by atoms with van der Waals surface area (Å²) >= 11 is 0. The summed E-state index contributed by atoms with van der Waals surface area (Å²) in [7, 11) is 1.53. The van der Waals surface area contributed by atoms with E-state index in [2.05, 4.69) is 10.3 Å². The van der Waals surface area contributed by atoms with Gasteiger partial charge in [0, 0.05) is 23.7 Å². The Bertz CT molecular complexity index is 1290. The van der Waals surface area contributed by atoms with Gasteiger partial charge in [0.25, 0.3) is 5.91 Å². The zero-order chi connectivity index (χ0) is 26.5. The third-order valence-electron chi connectivity index (χ3n) is 5.83. The number of primary amides is 1. The summed E-state index contributed by atoms with van der Waals surface area (Å²) in [4.78, 5) is 28.9. The summed E-state index contributed by atoms with van der Waals surface area (Å²) in [5.41, 5.74) is 5.61. The average molecular weight is 516 g/mol. The van der Waals surface area contributed by atoms with E-state index in [0.29, 0.717) is 29.6 Å². The molecular formula is C26H27F2N3O6. The van der Waals surface area contributed by atoms with Gasteiger partial charge in [-0.3, -0.25) is 4.79 Å². The number of benzene rings is 2. The SMILES string of the molecule is CCC(OC(N)=O)c1oc(-c2ccc(OC)c(OCC3CC3)c2)nc1C(=O)NCc1ccc(F)cc1F. The number of amides is 2. The van der Waals surface area contributed by atoms with E-state index in [9.17, 15) is 18.4 Å². The number of halogens is 2. The molecule has 11 heteroatoms. The van der Waals surface area contributed by atoms with E-state index in [0.717, 1.165) is 25.0 Å². The highest BCUT2D eigenvalue weighted by Crippen LogP contribution is 2.37. The lowest BCUT2D eigenvalue weighted by Crippen LogP contribution is -2.26. The fourth-order valence-electron chi connectivity index (χ4n) is 3.64. The second-order valence-electron chi connectivity index (χ2n) is 8.60. The topological polar surface area (TPSA) is 126 Å². The molecule has 1 saturated carbocycles. The van der Waals surface area contributed by atoms with Crippen LogP contribution in [-0.4, -0.2) is 30.7 Å². The Balaban J connectivity index is 1.65. The van der Waals surface area contributed by atoms with Gasteiger partial charge in [-0.05, 0) is 49.4 Å². The Hall–Kier alpha value is -4.15. The van der Waals surface area contributed by atoms with Crippen molar-refractivity contribution in [3.63, 3.8) is 0 Å². The van der Waals surface area contributed by atoms with Gasteiger partial charge in [0.05, 0.1) is 13.7 Å². The van der Waals surface area contributed by atoms with Crippen LogP contribution in [0.2, 0.25) is 0 Å². The summed E-state index contributed by atoms with van der Waals surface area (Å²) in [6.45, 7) is 2.03. The number of nitrogens with two attached hydrogens (primary N) is 1. The Kier molecular flexibility index (Phi) is 7.90. The zero-order valence-corrected chi connectivity index (χ0v) is 20.4. The molecule has 1 atom stereocenters. The van der Waals surface area contributed by atoms with E-state index in [1.165, 1.54) is 13.2 Å². The van der Waals surface area contributed by atoms with Gasteiger partial charge in [0.15, 0.2) is 29.1 Å². The maximum Gasteiger partial charge on any atom is 0.405 e. The van der Waals surface area contributed by atoms with Gasteiger partial charge >= 0.3 is 6.09 Å². The van der Waals surface area contributed by atoms with Gasteiger partial charge in [0.2, 0.25) is 5.89 Å². The van der Waals surface area contributed by atoms with Crippen LogP contribution >= 0.6 is 0 Å². The number of carbonyl (C=O) groups is 2. The van der Waals surface area contributed by atoms with Crippen molar-refractivity contribution >= 4 is 12.0 Å². The maximum atomic E-state index is 14.0. The number of ether oxygens (including phenoxy) is 3. The van der Waals surface area contributed by atoms with E-state index < -0.39 is 29.7 Å². The highest BCUT2D eigenvalue weighted by molar-refractivity contribution is 5.94. The van der Waals surface area contributed by atoms with Gasteiger partial charge in [-0.25, -0.2) is 18.6 Å². The molecule has 1 heterocycles. The second kappa shape index (κ2) is 11.3. The summed E-state index contributed by atoms with van der Waals surface area (Å²) in [6, 6.07) is 8.10. The van der Waals surface area contributed by atoms with E-state index in [1.807, 2.05) is 0 Å². The number of nitrogens with zero attached hydrogens (tertiary/aromatic N) is 1. The number of hydrogen-bond acceptors (Lipinski definition) is 7. The number of rotatable bonds is 11. The molecule has 0 aliphatic heterocycles. The molecule has 1 aliphatic rings. The molecule has 2 amide bonds. The van der Waals surface area contributed by atoms with Crippen molar-refractivity contribution in [1.82, 2.24) is 10.3 Å². The van der Waals surface area contributed by atoms with E-state index >= 15 is 0 Å². The molecule has 0 spiro atoms. The molecule has 3 aromatic rings. The molecule has 0 saturated heterocycles. The monoisotopic (exact) mass is 515 g/mol. The van der Waals surface area contributed by atoms with Crippen LogP contribution in [0.3, 0.4) is 0 Å². The summed E-state index contributed by atoms with van der Waals surface area (Å²) < 4.78 is 49.6. The minimum Gasteiger partial charge on any atom is -0.493 e. The number of hydrogen-bond donors (Lipinski definition) is 2. The molecule has 1 fully saturated rings. The Morgan fingerprint density at radius 1 is 1.19 bits per heavy atom. The summed E-state index contributed by atoms with van der Waals surface area (Å²) in [5.74, 6) is -0.669. The fraction of sp³-hybridized carbons (Fsp3) is 0.346. The van der Waals surface area contributed by atoms with Gasteiger partial charge in [-0.1, -0.05) is 13.0 Å². The van der Waals surface area contributed by atoms with Crippen LogP contribution in [0.1, 0.15) is 54.1 Å². The van der Waals surface area contributed by atoms with E-state index in [4.69, 9.17) is 24.4 Å². The quantitative estimate of drug-likeness (QED) is 0.372. The first-order valence-corrected chi connectivity index (χ1v) is 11.8. The molecule has 2 aromatic carbocycles. The van der Waals surface area contributed by atoms with Crippen LogP contribution in [0.25, 0.3) is 11.5 Å². The molecule has 1 unspecified atom stereocenters. The fourth-order valence-corrected chi connectivity index (χ4v) is 3.64. The molecule has 0 radical (unpaired) electrons. The number of methoxy groups -OCH3 is 1. The third kappa shape index (κ3) is 6.35. The normalized spacial score (nSPS) is 13.6. The van der Waals surface area contributed by atoms with Crippen molar-refractivity contribution in [1.29, 1.82) is 0 Å². The minimum atomic E-state index is -1.05. The molecule has 3 N–H and O–H groups in total. The molecule has 0 bridgehead atoms. The van der Waals surface area contributed by atoms with Crippen LogP contribution < -0.4 is 20.5 Å². The Morgan fingerprint density at radius 2 is 1.97 bits per heavy atom. The van der Waals surface area contributed by atoms with Crippen molar-refractivity contribution in [3.8, 4) is 23.0 Å². The van der Waals surface area contributed by atoms with Crippen molar-refractivity contribution < 1.29 is 37.0 Å². The molecule has 9 nitrogen and oxygen atoms in total. The standard InChI is InChI=1S/C26H27F2N3O6/c1-3-19(36-26(29)33)23-22(24(32)30-12-16-6-8-17(27)11-18(16)28)31-25(37-23)15-7-9-20(34-2)21(10-15)35-13-14-4-5-14/h6-11,14,19H,3-5,12-13H2,1-2H3,(H2,29,33)(H,30,32). The van der Waals surface area contributed by atoms with E-state index in [1.54, 1.807) is 25.1 Å². The second-order valence-corrected chi connectivity index (χ2v) is 8.60. The Morgan fingerprint density at radius 3 is 2.62 bits per heavy atom. The molecular weight excluding hydrogens is 488 g/mol. The zero-order valence-electron chi connectivity index (χ0n) is 20.4. The third-order valence-corrected chi connectivity index (χ3v) is 5.83. The highest BCUT2D eigenvalue weighted by Gasteiger charge is 2.29. The molecule has 1 aromatic heterocycles. The predicted octanol–water partition coefficient (Wildman–Crippen LogP) is 4.89. The maximum absolute atomic E-state index is 14.0. The van der Waals surface area contributed by atoms with Crippen LogP contribution in [0, 0.1) is 17.6 Å². The smallest absolute Gasteiger partial charge is 0.405 e. The van der Waals surface area contributed by atoms with Crippen LogP contribution in [0.15, 0.2) is 40.8 Å². The lowest BCUT2D eigenvalue weighted by molar-refractivity contribution is 0.0848. The van der Waals surface area contributed by atoms with E-state index in [-0.39, 0.29) is 35.9 Å². The first kappa shape index (κ1) is 25.9. The summed E-state index contributed by atoms with van der Waals surface area (Å²) in [5, 5.41) is 2.54. The number of carbonyl (C=O) groups excluding carboxylic acids is 2. The van der Waals surface area contributed by atoms with Crippen molar-refractivity contribution in [2.45, 2.75) is 38.8 Å². The molecule has 1 aliphatic carbocycles. The predicted molar refractivity (Wildman–Crippen MR) is 128 cm³/mol. The number of oxazole rings is 1. The van der Waals surface area contributed by atoms with Gasteiger partial charge in [0.1, 0.15) is 11.6 Å². The van der Waals surface area contributed by atoms with Crippen LogP contribution in [0.5, 0.6) is 11.5 Å². The van der Waals surface area contributed by atoms with Gasteiger partial charge < -0.3 is 29.7 Å². The average Bonchev–Trinajstić information content (AvgIpc) is 3.60. The lowest BCUT2D eigenvalue weighted by atomic mass is 10.1. The molecule has 37 heavy (non-hydrogen) atoms. The largest absolute Gasteiger partial charge is 0.493 e. The number of nitrogens with one attached hydrogen (secondary N) is 1. The van der Waals surface area contributed by atoms with Crippen molar-refractivity contribution in [2.75, 3.05) is 13.7 Å². The number of aromatic nitrogens is 1. The van der Waals surface area contributed by atoms with Crippen LogP contribution in [0.4, 0.5) is 13.6 Å². The lowest BCUT2D eigenvalue weighted by Gasteiger charge is -2.13. The van der Waals surface area contributed by atoms with Gasteiger partial charge in [-0.15, -0.1) is 0 Å². The van der Waals surface area contributed by atoms with Crippen molar-refractivity contribution in [2.24, 2.45) is 11.7 Å². The van der Waals surface area contributed by atoms with Gasteiger partial charge in [-0.2, -0.15) is 0 Å². The first-order chi connectivity index (χ1) is 17.8. The van der Waals surface area contributed by atoms with Crippen molar-refractivity contribution in [3.05, 3.63) is 65.1 Å². The first-order valence-electron chi connectivity index (χ1n) is 11.8. The highest BCUT2D eigenvalue weighted by atomic mass is 19.1. The minimum absolute atomic E-state index is 0.0235.